The van der Waals surface area contributed by atoms with Gasteiger partial charge >= 0.3 is 5.97 Å². The Morgan fingerprint density at radius 2 is 2.05 bits per heavy atom. The number of sulfone groups is 1. The monoisotopic (exact) mass is 319 g/mol. The average molecular weight is 319 g/mol. The van der Waals surface area contributed by atoms with Crippen LogP contribution in [0.5, 0.6) is 0 Å². The van der Waals surface area contributed by atoms with Crippen LogP contribution in [0, 0.1) is 11.6 Å². The van der Waals surface area contributed by atoms with Gasteiger partial charge in [-0.1, -0.05) is 0 Å². The highest BCUT2D eigenvalue weighted by Crippen LogP contribution is 2.24. The van der Waals surface area contributed by atoms with Crippen molar-refractivity contribution in [2.24, 2.45) is 0 Å². The van der Waals surface area contributed by atoms with Crippen LogP contribution in [0.1, 0.15) is 23.2 Å². The number of carbonyl (C=O) groups is 1. The molecule has 1 aromatic rings. The van der Waals surface area contributed by atoms with Crippen LogP contribution in [0.4, 0.5) is 14.5 Å². The lowest BCUT2D eigenvalue weighted by Crippen LogP contribution is -2.35. The van der Waals surface area contributed by atoms with E-state index in [-0.39, 0.29) is 17.2 Å². The third-order valence-electron chi connectivity index (χ3n) is 3.31. The lowest BCUT2D eigenvalue weighted by molar-refractivity contribution is 0.0594. The van der Waals surface area contributed by atoms with E-state index in [9.17, 15) is 22.0 Å². The first-order valence-corrected chi connectivity index (χ1v) is 8.19. The minimum Gasteiger partial charge on any atom is -0.465 e. The molecule has 0 bridgehead atoms. The summed E-state index contributed by atoms with van der Waals surface area (Å²) in [5, 5.41) is 2.68. The van der Waals surface area contributed by atoms with Crippen LogP contribution >= 0.6 is 0 Å². The third-order valence-corrected chi connectivity index (χ3v) is 5.13. The molecule has 5 nitrogen and oxygen atoms in total. The number of anilines is 1. The maximum atomic E-state index is 13.9. The van der Waals surface area contributed by atoms with E-state index in [1.807, 2.05) is 0 Å². The van der Waals surface area contributed by atoms with Gasteiger partial charge in [-0.3, -0.25) is 0 Å². The number of hydrogen-bond donors (Lipinski definition) is 1. The van der Waals surface area contributed by atoms with E-state index >= 15 is 0 Å². The lowest BCUT2D eigenvalue weighted by atomic mass is 10.1. The maximum Gasteiger partial charge on any atom is 0.340 e. The van der Waals surface area contributed by atoms with Gasteiger partial charge in [0.2, 0.25) is 0 Å². The van der Waals surface area contributed by atoms with E-state index in [0.29, 0.717) is 12.8 Å². The third kappa shape index (κ3) is 3.49. The zero-order valence-electron chi connectivity index (χ0n) is 11.4. The Balaban J connectivity index is 2.22. The molecule has 0 radical (unpaired) electrons. The Labute approximate surface area is 121 Å². The number of ether oxygens (including phenoxy) is 1. The Morgan fingerprint density at radius 1 is 1.33 bits per heavy atom. The second kappa shape index (κ2) is 5.97. The number of hydrogen-bond acceptors (Lipinski definition) is 5. The molecular formula is C13H15F2NO4S. The van der Waals surface area contributed by atoms with E-state index in [0.717, 1.165) is 13.2 Å². The summed E-state index contributed by atoms with van der Waals surface area (Å²) in [6.45, 7) is 0. The predicted molar refractivity (Wildman–Crippen MR) is 73.0 cm³/mol. The summed E-state index contributed by atoms with van der Waals surface area (Å²) in [6.07, 6.45) is 1.03. The van der Waals surface area contributed by atoms with Crippen LogP contribution in [0.2, 0.25) is 0 Å². The molecule has 0 amide bonds. The minimum absolute atomic E-state index is 0.114. The quantitative estimate of drug-likeness (QED) is 0.859. The second-order valence-electron chi connectivity index (χ2n) is 4.88. The van der Waals surface area contributed by atoms with E-state index in [1.54, 1.807) is 0 Å². The van der Waals surface area contributed by atoms with Gasteiger partial charge in [0.25, 0.3) is 0 Å². The largest absolute Gasteiger partial charge is 0.465 e. The molecule has 1 aliphatic heterocycles. The van der Waals surface area contributed by atoms with Crippen molar-refractivity contribution < 1.29 is 26.7 Å². The van der Waals surface area contributed by atoms with Gasteiger partial charge in [-0.25, -0.2) is 22.0 Å². The van der Waals surface area contributed by atoms with Crippen LogP contribution in [0.3, 0.4) is 0 Å². The van der Waals surface area contributed by atoms with Gasteiger partial charge in [0.05, 0.1) is 29.9 Å². The fourth-order valence-electron chi connectivity index (χ4n) is 2.29. The van der Waals surface area contributed by atoms with E-state index in [2.05, 4.69) is 10.1 Å². The first-order valence-electron chi connectivity index (χ1n) is 6.37. The van der Waals surface area contributed by atoms with Crippen molar-refractivity contribution in [1.82, 2.24) is 0 Å². The Bertz CT molecular complexity index is 660. The molecule has 0 aliphatic carbocycles. The topological polar surface area (TPSA) is 72.5 Å². The summed E-state index contributed by atoms with van der Waals surface area (Å²) in [4.78, 5) is 11.2. The highest BCUT2D eigenvalue weighted by molar-refractivity contribution is 7.91. The predicted octanol–water partition coefficient (Wildman–Crippen LogP) is 1.74. The van der Waals surface area contributed by atoms with Crippen LogP contribution in [0.25, 0.3) is 0 Å². The number of carbonyl (C=O) groups excluding carboxylic acids is 1. The molecule has 0 spiro atoms. The Hall–Kier alpha value is -1.70. The van der Waals surface area contributed by atoms with Gasteiger partial charge in [-0.15, -0.1) is 0 Å². The fourth-order valence-corrected chi connectivity index (χ4v) is 3.92. The summed E-state index contributed by atoms with van der Waals surface area (Å²) in [7, 11) is -2.09. The molecule has 1 atom stereocenters. The molecule has 1 N–H and O–H groups in total. The molecule has 1 aliphatic rings. The fraction of sp³-hybridized carbons (Fsp3) is 0.462. The molecule has 2 rings (SSSR count). The van der Waals surface area contributed by atoms with Crippen molar-refractivity contribution in [2.75, 3.05) is 23.9 Å². The van der Waals surface area contributed by atoms with E-state index < -0.39 is 39.0 Å². The first-order chi connectivity index (χ1) is 9.84. The maximum absolute atomic E-state index is 13.9. The van der Waals surface area contributed by atoms with Gasteiger partial charge in [0.15, 0.2) is 21.5 Å². The van der Waals surface area contributed by atoms with Gasteiger partial charge in [-0.05, 0) is 25.0 Å². The number of benzene rings is 1. The molecule has 116 valence electrons. The standard InChI is InChI=1S/C13H15F2NO4S/c1-20-13(17)9-4-5-10(12(15)11(9)14)16-8-3-2-6-21(18,19)7-8/h4-5,8,16H,2-3,6-7H2,1H3. The van der Waals surface area contributed by atoms with Crippen molar-refractivity contribution in [3.8, 4) is 0 Å². The minimum atomic E-state index is -3.15. The zero-order chi connectivity index (χ0) is 15.6. The molecule has 1 unspecified atom stereocenters. The number of rotatable bonds is 3. The van der Waals surface area contributed by atoms with Crippen molar-refractivity contribution in [1.29, 1.82) is 0 Å². The Kier molecular flexibility index (Phi) is 4.46. The highest BCUT2D eigenvalue weighted by atomic mass is 32.2. The van der Waals surface area contributed by atoms with E-state index in [4.69, 9.17) is 0 Å². The van der Waals surface area contributed by atoms with Crippen molar-refractivity contribution in [3.05, 3.63) is 29.3 Å². The summed E-state index contributed by atoms with van der Waals surface area (Å²) >= 11 is 0. The van der Waals surface area contributed by atoms with Gasteiger partial charge in [0, 0.05) is 6.04 Å². The van der Waals surface area contributed by atoms with Gasteiger partial charge in [0.1, 0.15) is 0 Å². The second-order valence-corrected chi connectivity index (χ2v) is 7.11. The number of esters is 1. The summed E-state index contributed by atoms with van der Waals surface area (Å²) in [5.41, 5.74) is -0.668. The first kappa shape index (κ1) is 15.7. The molecule has 1 aromatic carbocycles. The van der Waals surface area contributed by atoms with Crippen LogP contribution in [0.15, 0.2) is 12.1 Å². The molecule has 0 saturated carbocycles. The summed E-state index contributed by atoms with van der Waals surface area (Å²) < 4.78 is 55.1. The van der Waals surface area contributed by atoms with Crippen LogP contribution in [-0.2, 0) is 14.6 Å². The molecule has 1 saturated heterocycles. The Morgan fingerprint density at radius 3 is 2.67 bits per heavy atom. The molecule has 0 aromatic heterocycles. The number of halogens is 2. The van der Waals surface area contributed by atoms with Crippen LogP contribution in [-0.4, -0.2) is 39.0 Å². The lowest BCUT2D eigenvalue weighted by Gasteiger charge is -2.24. The van der Waals surface area contributed by atoms with Crippen LogP contribution < -0.4 is 5.32 Å². The van der Waals surface area contributed by atoms with Gasteiger partial charge < -0.3 is 10.1 Å². The summed E-state index contributed by atoms with van der Waals surface area (Å²) in [5.74, 6) is -3.51. The van der Waals surface area contributed by atoms with Crippen molar-refractivity contribution in [2.45, 2.75) is 18.9 Å². The number of nitrogens with one attached hydrogen (secondary N) is 1. The molecule has 1 fully saturated rings. The highest BCUT2D eigenvalue weighted by Gasteiger charge is 2.26. The zero-order valence-corrected chi connectivity index (χ0v) is 12.2. The van der Waals surface area contributed by atoms with E-state index in [1.165, 1.54) is 6.07 Å². The molecule has 8 heteroatoms. The average Bonchev–Trinajstić information content (AvgIpc) is 2.42. The molecule has 21 heavy (non-hydrogen) atoms. The van der Waals surface area contributed by atoms with Crippen molar-refractivity contribution >= 4 is 21.5 Å². The smallest absolute Gasteiger partial charge is 0.340 e. The van der Waals surface area contributed by atoms with Crippen molar-refractivity contribution in [3.63, 3.8) is 0 Å². The SMILES string of the molecule is COC(=O)c1ccc(NC2CCCS(=O)(=O)C2)c(F)c1F. The molecule has 1 heterocycles. The van der Waals surface area contributed by atoms with Gasteiger partial charge in [-0.2, -0.15) is 0 Å². The molecular weight excluding hydrogens is 304 g/mol. The summed E-state index contributed by atoms with van der Waals surface area (Å²) in [6, 6.07) is 1.83. The normalized spacial score (nSPS) is 20.8. The number of methoxy groups -OCH3 is 1.